The van der Waals surface area contributed by atoms with Crippen LogP contribution in [0.25, 0.3) is 0 Å². The largest absolute Gasteiger partial charge is 0.354 e. The number of rotatable bonds is 7. The minimum absolute atomic E-state index is 0. The molecule has 3 N–H and O–H groups in total. The van der Waals surface area contributed by atoms with Crippen molar-refractivity contribution in [2.24, 2.45) is 0 Å². The maximum atomic E-state index is 11.7. The fourth-order valence-electron chi connectivity index (χ4n) is 1.06. The number of sulfonamides is 1. The van der Waals surface area contributed by atoms with E-state index in [0.29, 0.717) is 17.4 Å². The highest BCUT2D eigenvalue weighted by atomic mass is 35.5. The summed E-state index contributed by atoms with van der Waals surface area (Å²) in [5.74, 6) is -0.378. The SMILES string of the molecule is CNCCNC(=O)CNS(=O)(=O)c1ccc(Cl)s1.Cl. The van der Waals surface area contributed by atoms with Gasteiger partial charge in [-0.2, -0.15) is 0 Å². The third-order valence-electron chi connectivity index (χ3n) is 1.93. The molecule has 1 aromatic heterocycles. The number of hydrogen-bond acceptors (Lipinski definition) is 5. The molecular formula is C9H15Cl2N3O3S2. The van der Waals surface area contributed by atoms with E-state index in [9.17, 15) is 13.2 Å². The van der Waals surface area contributed by atoms with E-state index in [1.165, 1.54) is 12.1 Å². The highest BCUT2D eigenvalue weighted by Crippen LogP contribution is 2.24. The summed E-state index contributed by atoms with van der Waals surface area (Å²) in [7, 11) is -1.90. The molecule has 0 unspecified atom stereocenters. The van der Waals surface area contributed by atoms with Gasteiger partial charge in [0.15, 0.2) is 0 Å². The molecule has 1 heterocycles. The molecule has 110 valence electrons. The predicted octanol–water partition coefficient (Wildman–Crippen LogP) is 0.437. The third-order valence-corrected chi connectivity index (χ3v) is 5.06. The maximum absolute atomic E-state index is 11.7. The number of nitrogens with one attached hydrogen (secondary N) is 3. The lowest BCUT2D eigenvalue weighted by molar-refractivity contribution is -0.119. The standard InChI is InChI=1S/C9H14ClN3O3S2.ClH/c1-11-4-5-12-8(14)6-13-18(15,16)9-3-2-7(10)17-9;/h2-3,11,13H,4-6H2,1H3,(H,12,14);1H. The summed E-state index contributed by atoms with van der Waals surface area (Å²) in [6.07, 6.45) is 0. The van der Waals surface area contributed by atoms with Crippen LogP contribution in [-0.2, 0) is 14.8 Å². The Kier molecular flexibility index (Phi) is 8.55. The summed E-state index contributed by atoms with van der Waals surface area (Å²) >= 11 is 6.59. The van der Waals surface area contributed by atoms with Gasteiger partial charge in [0.25, 0.3) is 10.0 Å². The van der Waals surface area contributed by atoms with Gasteiger partial charge in [0.05, 0.1) is 10.9 Å². The number of halogens is 2. The lowest BCUT2D eigenvalue weighted by Crippen LogP contribution is -2.39. The van der Waals surface area contributed by atoms with Gasteiger partial charge in [-0.05, 0) is 19.2 Å². The first-order chi connectivity index (χ1) is 8.45. The van der Waals surface area contributed by atoms with Gasteiger partial charge in [-0.15, -0.1) is 23.7 Å². The number of amides is 1. The lowest BCUT2D eigenvalue weighted by Gasteiger charge is -2.06. The molecule has 0 saturated heterocycles. The maximum Gasteiger partial charge on any atom is 0.250 e. The van der Waals surface area contributed by atoms with Crippen molar-refractivity contribution in [1.82, 2.24) is 15.4 Å². The van der Waals surface area contributed by atoms with Crippen LogP contribution in [0.5, 0.6) is 0 Å². The number of carbonyl (C=O) groups is 1. The molecule has 0 spiro atoms. The molecule has 1 aromatic rings. The summed E-state index contributed by atoms with van der Waals surface area (Å²) < 4.78 is 26.1. The van der Waals surface area contributed by atoms with E-state index in [4.69, 9.17) is 11.6 Å². The Morgan fingerprint density at radius 3 is 2.58 bits per heavy atom. The van der Waals surface area contributed by atoms with Crippen LogP contribution < -0.4 is 15.4 Å². The first-order valence-electron chi connectivity index (χ1n) is 5.12. The molecular weight excluding hydrogens is 333 g/mol. The Bertz CT molecular complexity index is 505. The summed E-state index contributed by atoms with van der Waals surface area (Å²) in [5, 5.41) is 5.42. The third kappa shape index (κ3) is 6.55. The molecule has 0 bridgehead atoms. The zero-order valence-electron chi connectivity index (χ0n) is 10.1. The zero-order valence-corrected chi connectivity index (χ0v) is 13.3. The van der Waals surface area contributed by atoms with Crippen LogP contribution in [0.15, 0.2) is 16.3 Å². The normalized spacial score (nSPS) is 10.8. The highest BCUT2D eigenvalue weighted by molar-refractivity contribution is 7.91. The van der Waals surface area contributed by atoms with Crippen LogP contribution in [0.1, 0.15) is 0 Å². The first-order valence-corrected chi connectivity index (χ1v) is 7.80. The van der Waals surface area contributed by atoms with Gasteiger partial charge in [0.2, 0.25) is 5.91 Å². The van der Waals surface area contributed by atoms with E-state index in [1.807, 2.05) is 0 Å². The van der Waals surface area contributed by atoms with Crippen molar-refractivity contribution < 1.29 is 13.2 Å². The molecule has 1 amide bonds. The average molecular weight is 348 g/mol. The van der Waals surface area contributed by atoms with E-state index < -0.39 is 10.0 Å². The monoisotopic (exact) mass is 347 g/mol. The smallest absolute Gasteiger partial charge is 0.250 e. The highest BCUT2D eigenvalue weighted by Gasteiger charge is 2.17. The van der Waals surface area contributed by atoms with Gasteiger partial charge < -0.3 is 10.6 Å². The summed E-state index contributed by atoms with van der Waals surface area (Å²) in [6, 6.07) is 2.89. The van der Waals surface area contributed by atoms with Crippen molar-refractivity contribution in [3.8, 4) is 0 Å². The van der Waals surface area contributed by atoms with Gasteiger partial charge in [0.1, 0.15) is 4.21 Å². The number of likely N-dealkylation sites (N-methyl/N-ethyl adjacent to an activating group) is 1. The molecule has 0 fully saturated rings. The zero-order chi connectivity index (χ0) is 13.6. The molecule has 0 aromatic carbocycles. The molecule has 6 nitrogen and oxygen atoms in total. The number of carbonyl (C=O) groups excluding carboxylic acids is 1. The summed E-state index contributed by atoms with van der Waals surface area (Å²) in [5.41, 5.74) is 0. The quantitative estimate of drug-likeness (QED) is 0.624. The first kappa shape index (κ1) is 18.6. The van der Waals surface area contributed by atoms with Crippen molar-refractivity contribution in [3.05, 3.63) is 16.5 Å². The molecule has 0 saturated carbocycles. The van der Waals surface area contributed by atoms with Crippen molar-refractivity contribution in [1.29, 1.82) is 0 Å². The second kappa shape index (κ2) is 8.72. The Labute approximate surface area is 127 Å². The van der Waals surface area contributed by atoms with Crippen LogP contribution in [0.2, 0.25) is 4.34 Å². The molecule has 10 heteroatoms. The van der Waals surface area contributed by atoms with Crippen molar-refractivity contribution >= 4 is 51.3 Å². The number of thiophene rings is 1. The van der Waals surface area contributed by atoms with E-state index in [2.05, 4.69) is 15.4 Å². The second-order valence-corrected chi connectivity index (χ2v) is 7.05. The van der Waals surface area contributed by atoms with Crippen LogP contribution in [0, 0.1) is 0 Å². The molecule has 1 rings (SSSR count). The van der Waals surface area contributed by atoms with Crippen molar-refractivity contribution in [2.75, 3.05) is 26.7 Å². The van der Waals surface area contributed by atoms with E-state index in [0.717, 1.165) is 11.3 Å². The van der Waals surface area contributed by atoms with Crippen molar-refractivity contribution in [3.63, 3.8) is 0 Å². The molecule has 19 heavy (non-hydrogen) atoms. The van der Waals surface area contributed by atoms with Crippen LogP contribution in [-0.4, -0.2) is 41.0 Å². The topological polar surface area (TPSA) is 87.3 Å². The molecule has 0 radical (unpaired) electrons. The van der Waals surface area contributed by atoms with Crippen LogP contribution in [0.3, 0.4) is 0 Å². The molecule has 0 atom stereocenters. The van der Waals surface area contributed by atoms with E-state index in [-0.39, 0.29) is 29.1 Å². The Balaban J connectivity index is 0.00000324. The van der Waals surface area contributed by atoms with Crippen LogP contribution in [0.4, 0.5) is 0 Å². The fraction of sp³-hybridized carbons (Fsp3) is 0.444. The fourth-order valence-corrected chi connectivity index (χ4v) is 3.57. The molecule has 0 aliphatic heterocycles. The molecule has 0 aliphatic rings. The Morgan fingerprint density at radius 1 is 1.37 bits per heavy atom. The molecule has 0 aliphatic carbocycles. The van der Waals surface area contributed by atoms with Gasteiger partial charge in [-0.25, -0.2) is 13.1 Å². The van der Waals surface area contributed by atoms with Crippen molar-refractivity contribution in [2.45, 2.75) is 4.21 Å². The van der Waals surface area contributed by atoms with Gasteiger partial charge in [-0.3, -0.25) is 4.79 Å². The second-order valence-electron chi connectivity index (χ2n) is 3.34. The lowest BCUT2D eigenvalue weighted by atomic mass is 10.5. The average Bonchev–Trinajstić information content (AvgIpc) is 2.75. The number of hydrogen-bond donors (Lipinski definition) is 3. The summed E-state index contributed by atoms with van der Waals surface area (Å²) in [4.78, 5) is 11.3. The van der Waals surface area contributed by atoms with E-state index in [1.54, 1.807) is 7.05 Å². The van der Waals surface area contributed by atoms with Gasteiger partial charge >= 0.3 is 0 Å². The van der Waals surface area contributed by atoms with E-state index >= 15 is 0 Å². The Morgan fingerprint density at radius 2 is 2.05 bits per heavy atom. The minimum atomic E-state index is -3.66. The van der Waals surface area contributed by atoms with Gasteiger partial charge in [-0.1, -0.05) is 11.6 Å². The summed E-state index contributed by atoms with van der Waals surface area (Å²) in [6.45, 7) is 0.780. The predicted molar refractivity (Wildman–Crippen MR) is 78.7 cm³/mol. The van der Waals surface area contributed by atoms with Crippen LogP contribution >= 0.6 is 35.3 Å². The Hall–Kier alpha value is -0.380. The van der Waals surface area contributed by atoms with Gasteiger partial charge in [0, 0.05) is 13.1 Å². The minimum Gasteiger partial charge on any atom is -0.354 e.